The third-order valence-corrected chi connectivity index (χ3v) is 3.00. The zero-order chi connectivity index (χ0) is 10.7. The van der Waals surface area contributed by atoms with Crippen LogP contribution < -0.4 is 10.6 Å². The quantitative estimate of drug-likeness (QED) is 0.861. The summed E-state index contributed by atoms with van der Waals surface area (Å²) in [7, 11) is 2.03. The van der Waals surface area contributed by atoms with E-state index in [-0.39, 0.29) is 0 Å². The molecule has 0 bridgehead atoms. The molecule has 2 rings (SSSR count). The number of thiophene rings is 1. The van der Waals surface area contributed by atoms with E-state index in [4.69, 9.17) is 5.73 Å². The zero-order valence-corrected chi connectivity index (χ0v) is 9.37. The molecule has 0 radical (unpaired) electrons. The molecule has 2 aromatic rings. The Labute approximate surface area is 93.2 Å². The summed E-state index contributed by atoms with van der Waals surface area (Å²) in [6.45, 7) is 0.884. The van der Waals surface area contributed by atoms with Crippen molar-refractivity contribution in [1.82, 2.24) is 4.98 Å². The van der Waals surface area contributed by atoms with Crippen molar-refractivity contribution in [3.8, 4) is 0 Å². The summed E-state index contributed by atoms with van der Waals surface area (Å²) in [4.78, 5) is 7.70. The minimum absolute atomic E-state index is 0.697. The molecule has 0 aliphatic heterocycles. The van der Waals surface area contributed by atoms with Gasteiger partial charge in [-0.3, -0.25) is 0 Å². The van der Waals surface area contributed by atoms with Gasteiger partial charge in [-0.1, -0.05) is 6.07 Å². The smallest absolute Gasteiger partial charge is 0.128 e. The normalized spacial score (nSPS) is 10.2. The highest BCUT2D eigenvalue weighted by Crippen LogP contribution is 2.16. The molecule has 0 saturated carbocycles. The summed E-state index contributed by atoms with van der Waals surface area (Å²) in [5.74, 6) is 0.942. The number of rotatable bonds is 3. The molecule has 2 heterocycles. The van der Waals surface area contributed by atoms with E-state index in [1.807, 2.05) is 19.2 Å². The van der Waals surface area contributed by atoms with E-state index in [9.17, 15) is 0 Å². The lowest BCUT2D eigenvalue weighted by Gasteiger charge is -2.16. The number of anilines is 2. The van der Waals surface area contributed by atoms with Crippen molar-refractivity contribution < 1.29 is 0 Å². The maximum atomic E-state index is 5.58. The lowest BCUT2D eigenvalue weighted by molar-refractivity contribution is 0.913. The Morgan fingerprint density at radius 1 is 1.40 bits per heavy atom. The molecule has 15 heavy (non-hydrogen) atoms. The molecule has 0 fully saturated rings. The largest absolute Gasteiger partial charge is 0.397 e. The monoisotopic (exact) mass is 219 g/mol. The molecule has 0 aliphatic carbocycles. The number of nitrogens with two attached hydrogens (primary N) is 1. The highest BCUT2D eigenvalue weighted by atomic mass is 32.1. The molecule has 2 N–H and O–H groups in total. The predicted molar refractivity (Wildman–Crippen MR) is 65.1 cm³/mol. The number of hydrogen-bond acceptors (Lipinski definition) is 4. The van der Waals surface area contributed by atoms with Crippen molar-refractivity contribution in [3.63, 3.8) is 0 Å². The Morgan fingerprint density at radius 2 is 2.27 bits per heavy atom. The van der Waals surface area contributed by atoms with Crippen LogP contribution in [0.3, 0.4) is 0 Å². The highest BCUT2D eigenvalue weighted by Gasteiger charge is 2.03. The van der Waals surface area contributed by atoms with Crippen molar-refractivity contribution in [2.75, 3.05) is 17.7 Å². The fourth-order valence-corrected chi connectivity index (χ4v) is 2.10. The summed E-state index contributed by atoms with van der Waals surface area (Å²) >= 11 is 1.75. The molecule has 0 spiro atoms. The molecule has 3 nitrogen and oxygen atoms in total. The van der Waals surface area contributed by atoms with Crippen LogP contribution in [-0.2, 0) is 6.54 Å². The van der Waals surface area contributed by atoms with Gasteiger partial charge in [-0.15, -0.1) is 11.3 Å². The second kappa shape index (κ2) is 4.31. The first-order valence-corrected chi connectivity index (χ1v) is 5.59. The average Bonchev–Trinajstić information content (AvgIpc) is 2.71. The molecule has 2 aromatic heterocycles. The maximum Gasteiger partial charge on any atom is 0.128 e. The number of nitrogen functional groups attached to an aromatic ring is 1. The fraction of sp³-hybridized carbons (Fsp3) is 0.182. The van der Waals surface area contributed by atoms with Gasteiger partial charge in [0.2, 0.25) is 0 Å². The zero-order valence-electron chi connectivity index (χ0n) is 8.55. The van der Waals surface area contributed by atoms with E-state index in [0.29, 0.717) is 5.69 Å². The summed E-state index contributed by atoms with van der Waals surface area (Å²) in [6, 6.07) is 7.99. The molecule has 0 saturated heterocycles. The standard InChI is InChI=1S/C11H13N3S/c1-14(8-10-3-2-6-15-10)11-5-4-9(12)7-13-11/h2-7H,8,12H2,1H3. The summed E-state index contributed by atoms with van der Waals surface area (Å²) in [5, 5.41) is 2.08. The fourth-order valence-electron chi connectivity index (χ4n) is 1.34. The van der Waals surface area contributed by atoms with Gasteiger partial charge in [0.1, 0.15) is 5.82 Å². The Bertz CT molecular complexity index is 408. The summed E-state index contributed by atoms with van der Waals surface area (Å²) in [6.07, 6.45) is 1.68. The molecule has 78 valence electrons. The Hall–Kier alpha value is -1.55. The minimum atomic E-state index is 0.697. The first-order valence-electron chi connectivity index (χ1n) is 4.71. The Morgan fingerprint density at radius 3 is 2.87 bits per heavy atom. The van der Waals surface area contributed by atoms with Crippen LogP contribution in [0.2, 0.25) is 0 Å². The first kappa shape index (κ1) is 9.98. The molecule has 4 heteroatoms. The van der Waals surface area contributed by atoms with Crippen LogP contribution in [0.5, 0.6) is 0 Å². The number of hydrogen-bond donors (Lipinski definition) is 1. The molecule has 0 unspecified atom stereocenters. The molecular weight excluding hydrogens is 206 g/mol. The second-order valence-electron chi connectivity index (χ2n) is 3.39. The molecule has 0 atom stereocenters. The van der Waals surface area contributed by atoms with Crippen LogP contribution in [0.4, 0.5) is 11.5 Å². The first-order chi connectivity index (χ1) is 7.25. The van der Waals surface area contributed by atoms with Crippen molar-refractivity contribution in [3.05, 3.63) is 40.7 Å². The lowest BCUT2D eigenvalue weighted by atomic mass is 10.4. The van der Waals surface area contributed by atoms with Crippen molar-refractivity contribution >= 4 is 22.8 Å². The lowest BCUT2D eigenvalue weighted by Crippen LogP contribution is -2.16. The molecule has 0 aromatic carbocycles. The van der Waals surface area contributed by atoms with E-state index in [2.05, 4.69) is 27.4 Å². The Kier molecular flexibility index (Phi) is 2.87. The van der Waals surface area contributed by atoms with Crippen LogP contribution in [0, 0.1) is 0 Å². The van der Waals surface area contributed by atoms with Crippen molar-refractivity contribution in [2.24, 2.45) is 0 Å². The third-order valence-electron chi connectivity index (χ3n) is 2.13. The van der Waals surface area contributed by atoms with Gasteiger partial charge in [-0.2, -0.15) is 0 Å². The van der Waals surface area contributed by atoms with Crippen LogP contribution in [0.1, 0.15) is 4.88 Å². The van der Waals surface area contributed by atoms with Crippen LogP contribution in [0.25, 0.3) is 0 Å². The van der Waals surface area contributed by atoms with E-state index < -0.39 is 0 Å². The second-order valence-corrected chi connectivity index (χ2v) is 4.42. The van der Waals surface area contributed by atoms with Gasteiger partial charge in [-0.05, 0) is 23.6 Å². The van der Waals surface area contributed by atoms with Crippen molar-refractivity contribution in [2.45, 2.75) is 6.54 Å². The Balaban J connectivity index is 2.08. The van der Waals surface area contributed by atoms with E-state index in [1.165, 1.54) is 4.88 Å². The van der Waals surface area contributed by atoms with Gasteiger partial charge in [0.15, 0.2) is 0 Å². The topological polar surface area (TPSA) is 42.1 Å². The maximum absolute atomic E-state index is 5.58. The summed E-state index contributed by atoms with van der Waals surface area (Å²) in [5.41, 5.74) is 6.28. The SMILES string of the molecule is CN(Cc1cccs1)c1ccc(N)cn1. The van der Waals surface area contributed by atoms with Crippen LogP contribution in [-0.4, -0.2) is 12.0 Å². The van der Waals surface area contributed by atoms with Crippen LogP contribution >= 0.6 is 11.3 Å². The summed E-state index contributed by atoms with van der Waals surface area (Å²) < 4.78 is 0. The van der Waals surface area contributed by atoms with Crippen molar-refractivity contribution in [1.29, 1.82) is 0 Å². The van der Waals surface area contributed by atoms with E-state index in [0.717, 1.165) is 12.4 Å². The van der Waals surface area contributed by atoms with Gasteiger partial charge in [-0.25, -0.2) is 4.98 Å². The minimum Gasteiger partial charge on any atom is -0.397 e. The predicted octanol–water partition coefficient (Wildman–Crippen LogP) is 2.36. The molecule has 0 aliphatic rings. The number of aromatic nitrogens is 1. The van der Waals surface area contributed by atoms with Crippen LogP contribution in [0.15, 0.2) is 35.8 Å². The van der Waals surface area contributed by atoms with Gasteiger partial charge in [0.05, 0.1) is 18.4 Å². The highest BCUT2D eigenvalue weighted by molar-refractivity contribution is 7.09. The average molecular weight is 219 g/mol. The molecule has 0 amide bonds. The number of nitrogens with zero attached hydrogens (tertiary/aromatic N) is 2. The van der Waals surface area contributed by atoms with Gasteiger partial charge in [0.25, 0.3) is 0 Å². The van der Waals surface area contributed by atoms with Gasteiger partial charge in [0, 0.05) is 11.9 Å². The van der Waals surface area contributed by atoms with E-state index in [1.54, 1.807) is 17.5 Å². The van der Waals surface area contributed by atoms with Gasteiger partial charge < -0.3 is 10.6 Å². The van der Waals surface area contributed by atoms with Gasteiger partial charge >= 0.3 is 0 Å². The number of pyridine rings is 1. The van der Waals surface area contributed by atoms with E-state index >= 15 is 0 Å². The third kappa shape index (κ3) is 2.47. The molecular formula is C11H13N3S.